The maximum atomic E-state index is 13.5. The van der Waals surface area contributed by atoms with E-state index in [0.29, 0.717) is 18.5 Å². The van der Waals surface area contributed by atoms with Gasteiger partial charge in [0.05, 0.1) is 23.7 Å². The molecule has 2 aromatic carbocycles. The van der Waals surface area contributed by atoms with Crippen molar-refractivity contribution in [1.82, 2.24) is 19.4 Å². The lowest BCUT2D eigenvalue weighted by Crippen LogP contribution is -2.26. The molecule has 2 aromatic heterocycles. The molecule has 6 nitrogen and oxygen atoms in total. The average Bonchev–Trinajstić information content (AvgIpc) is 3.24. The van der Waals surface area contributed by atoms with Gasteiger partial charge < -0.3 is 19.2 Å². The van der Waals surface area contributed by atoms with Gasteiger partial charge in [0.1, 0.15) is 17.4 Å². The number of imidazole rings is 1. The minimum Gasteiger partial charge on any atom is -0.497 e. The summed E-state index contributed by atoms with van der Waals surface area (Å²) in [6.45, 7) is 4.35. The lowest BCUT2D eigenvalue weighted by molar-refractivity contribution is 0.0953. The van der Waals surface area contributed by atoms with Gasteiger partial charge in [0.2, 0.25) is 0 Å². The number of nitrogens with one attached hydrogen (secondary N) is 1. The van der Waals surface area contributed by atoms with Gasteiger partial charge in [-0.25, -0.2) is 9.37 Å². The third kappa shape index (κ3) is 3.91. The van der Waals surface area contributed by atoms with Gasteiger partial charge in [0.25, 0.3) is 5.91 Å². The number of aryl methyl sites for hydroxylation is 2. The van der Waals surface area contributed by atoms with Crippen molar-refractivity contribution in [3.05, 3.63) is 77.1 Å². The number of carbonyl (C=O) groups is 1. The summed E-state index contributed by atoms with van der Waals surface area (Å²) < 4.78 is 22.6. The van der Waals surface area contributed by atoms with Crippen molar-refractivity contribution in [3.63, 3.8) is 0 Å². The summed E-state index contributed by atoms with van der Waals surface area (Å²) in [5.41, 5.74) is 4.95. The largest absolute Gasteiger partial charge is 0.497 e. The SMILES string of the molecule is COc1ccc(-n2c(C)cc(C(=O)NCCc3nc4ccc(F)cc4n3C)c2C)cc1. The first-order valence-electron chi connectivity index (χ1n) is 10.1. The highest BCUT2D eigenvalue weighted by atomic mass is 19.1. The van der Waals surface area contributed by atoms with E-state index in [1.807, 2.05) is 60.4 Å². The van der Waals surface area contributed by atoms with E-state index in [1.54, 1.807) is 13.2 Å². The number of benzene rings is 2. The van der Waals surface area contributed by atoms with Crippen LogP contribution in [0.15, 0.2) is 48.5 Å². The lowest BCUT2D eigenvalue weighted by Gasteiger charge is -2.11. The van der Waals surface area contributed by atoms with Crippen LogP contribution in [-0.2, 0) is 13.5 Å². The summed E-state index contributed by atoms with van der Waals surface area (Å²) in [6, 6.07) is 14.2. The number of rotatable bonds is 6. The van der Waals surface area contributed by atoms with Crippen molar-refractivity contribution in [2.24, 2.45) is 7.05 Å². The Morgan fingerprint density at radius 3 is 2.58 bits per heavy atom. The Hall–Kier alpha value is -3.61. The van der Waals surface area contributed by atoms with Crippen LogP contribution in [0.1, 0.15) is 27.6 Å². The molecule has 0 fully saturated rings. The number of aromatic nitrogens is 3. The topological polar surface area (TPSA) is 61.1 Å². The molecule has 1 N–H and O–H groups in total. The third-order valence-electron chi connectivity index (χ3n) is 5.58. The summed E-state index contributed by atoms with van der Waals surface area (Å²) in [6.07, 6.45) is 0.551. The summed E-state index contributed by atoms with van der Waals surface area (Å²) in [5, 5.41) is 2.98. The minimum absolute atomic E-state index is 0.127. The highest BCUT2D eigenvalue weighted by molar-refractivity contribution is 5.96. The van der Waals surface area contributed by atoms with Crippen molar-refractivity contribution in [1.29, 1.82) is 0 Å². The molecule has 4 aromatic rings. The van der Waals surface area contributed by atoms with Crippen LogP contribution in [0, 0.1) is 19.7 Å². The van der Waals surface area contributed by atoms with Crippen molar-refractivity contribution in [3.8, 4) is 11.4 Å². The number of hydrogen-bond donors (Lipinski definition) is 1. The zero-order chi connectivity index (χ0) is 22.1. The zero-order valence-electron chi connectivity index (χ0n) is 18.1. The van der Waals surface area contributed by atoms with E-state index in [4.69, 9.17) is 4.74 Å². The molecule has 0 aliphatic carbocycles. The Balaban J connectivity index is 1.47. The maximum absolute atomic E-state index is 13.5. The summed E-state index contributed by atoms with van der Waals surface area (Å²) >= 11 is 0. The van der Waals surface area contributed by atoms with E-state index in [0.717, 1.165) is 39.7 Å². The average molecular weight is 420 g/mol. The Bertz CT molecular complexity index is 1260. The number of ether oxygens (including phenoxy) is 1. The number of fused-ring (bicyclic) bond motifs is 1. The Kier molecular flexibility index (Phi) is 5.50. The Morgan fingerprint density at radius 2 is 1.87 bits per heavy atom. The standard InChI is InChI=1S/C24H25FN4O2/c1-15-13-20(16(2)29(15)18-6-8-19(31-4)9-7-18)24(30)26-12-11-23-27-21-10-5-17(25)14-22(21)28(23)3/h5-10,13-14H,11-12H2,1-4H3,(H,26,30). The first kappa shape index (κ1) is 20.7. The first-order chi connectivity index (χ1) is 14.9. The normalized spacial score (nSPS) is 11.1. The first-order valence-corrected chi connectivity index (χ1v) is 10.1. The maximum Gasteiger partial charge on any atom is 0.253 e. The predicted octanol–water partition coefficient (Wildman–Crippen LogP) is 4.10. The molecule has 0 bridgehead atoms. The van der Waals surface area contributed by atoms with Gasteiger partial charge in [-0.3, -0.25) is 4.79 Å². The fourth-order valence-electron chi connectivity index (χ4n) is 3.94. The van der Waals surface area contributed by atoms with E-state index in [9.17, 15) is 9.18 Å². The molecule has 4 rings (SSSR count). The highest BCUT2D eigenvalue weighted by Gasteiger charge is 2.17. The molecule has 0 saturated heterocycles. The molecule has 0 spiro atoms. The van der Waals surface area contributed by atoms with Gasteiger partial charge in [-0.1, -0.05) is 0 Å². The molecular weight excluding hydrogens is 395 g/mol. The van der Waals surface area contributed by atoms with Gasteiger partial charge >= 0.3 is 0 Å². The van der Waals surface area contributed by atoms with E-state index < -0.39 is 0 Å². The second-order valence-electron chi connectivity index (χ2n) is 7.54. The van der Waals surface area contributed by atoms with Crippen LogP contribution in [0.5, 0.6) is 5.75 Å². The smallest absolute Gasteiger partial charge is 0.253 e. The second kappa shape index (κ2) is 8.26. The molecule has 0 saturated carbocycles. The summed E-state index contributed by atoms with van der Waals surface area (Å²) in [5.74, 6) is 1.17. The fourth-order valence-corrected chi connectivity index (χ4v) is 3.94. The van der Waals surface area contributed by atoms with Gasteiger partial charge in [0.15, 0.2) is 0 Å². The number of methoxy groups -OCH3 is 1. The molecule has 1 amide bonds. The van der Waals surface area contributed by atoms with Crippen molar-refractivity contribution >= 4 is 16.9 Å². The van der Waals surface area contributed by atoms with Crippen LogP contribution in [0.25, 0.3) is 16.7 Å². The molecule has 0 unspecified atom stereocenters. The number of amides is 1. The fraction of sp³-hybridized carbons (Fsp3) is 0.250. The molecule has 31 heavy (non-hydrogen) atoms. The highest BCUT2D eigenvalue weighted by Crippen LogP contribution is 2.23. The van der Waals surface area contributed by atoms with E-state index in [1.165, 1.54) is 12.1 Å². The van der Waals surface area contributed by atoms with Crippen molar-refractivity contribution in [2.45, 2.75) is 20.3 Å². The van der Waals surface area contributed by atoms with E-state index in [-0.39, 0.29) is 11.7 Å². The summed E-state index contributed by atoms with van der Waals surface area (Å²) in [7, 11) is 3.49. The number of hydrogen-bond acceptors (Lipinski definition) is 3. The number of halogens is 1. The lowest BCUT2D eigenvalue weighted by atomic mass is 10.2. The molecule has 0 radical (unpaired) electrons. The van der Waals surface area contributed by atoms with E-state index in [2.05, 4.69) is 10.3 Å². The number of carbonyl (C=O) groups excluding carboxylic acids is 1. The van der Waals surface area contributed by atoms with Crippen LogP contribution >= 0.6 is 0 Å². The molecule has 0 atom stereocenters. The Morgan fingerprint density at radius 1 is 1.13 bits per heavy atom. The minimum atomic E-state index is -0.289. The molecule has 0 aliphatic heterocycles. The second-order valence-corrected chi connectivity index (χ2v) is 7.54. The van der Waals surface area contributed by atoms with Gasteiger partial charge in [0, 0.05) is 37.1 Å². The zero-order valence-corrected chi connectivity index (χ0v) is 18.1. The molecule has 7 heteroatoms. The van der Waals surface area contributed by atoms with Crippen LogP contribution in [0.3, 0.4) is 0 Å². The van der Waals surface area contributed by atoms with Crippen molar-refractivity contribution in [2.75, 3.05) is 13.7 Å². The predicted molar refractivity (Wildman–Crippen MR) is 119 cm³/mol. The van der Waals surface area contributed by atoms with Gasteiger partial charge in [-0.15, -0.1) is 0 Å². The quantitative estimate of drug-likeness (QED) is 0.511. The van der Waals surface area contributed by atoms with Crippen LogP contribution in [-0.4, -0.2) is 33.7 Å². The molecular formula is C24H25FN4O2. The van der Waals surface area contributed by atoms with Crippen molar-refractivity contribution < 1.29 is 13.9 Å². The van der Waals surface area contributed by atoms with Gasteiger partial charge in [-0.2, -0.15) is 0 Å². The van der Waals surface area contributed by atoms with Crippen LogP contribution < -0.4 is 10.1 Å². The molecule has 2 heterocycles. The molecule has 160 valence electrons. The Labute approximate surface area is 180 Å². The molecule has 0 aliphatic rings. The summed E-state index contributed by atoms with van der Waals surface area (Å²) in [4.78, 5) is 17.4. The third-order valence-corrected chi connectivity index (χ3v) is 5.58. The van der Waals surface area contributed by atoms with Gasteiger partial charge in [-0.05, 0) is 62.4 Å². The monoisotopic (exact) mass is 420 g/mol. The van der Waals surface area contributed by atoms with Crippen LogP contribution in [0.2, 0.25) is 0 Å². The number of nitrogens with zero attached hydrogens (tertiary/aromatic N) is 3. The van der Waals surface area contributed by atoms with Crippen LogP contribution in [0.4, 0.5) is 4.39 Å². The van der Waals surface area contributed by atoms with E-state index >= 15 is 0 Å².